The number of methoxy groups -OCH3 is 1. The Bertz CT molecular complexity index is 1940. The molecule has 13 heteroatoms. The summed E-state index contributed by atoms with van der Waals surface area (Å²) in [6.07, 6.45) is 1.74. The molecule has 0 radical (unpaired) electrons. The molecule has 0 saturated heterocycles. The molecular formula is C37H41ClN4O7S. The summed E-state index contributed by atoms with van der Waals surface area (Å²) in [4.78, 5) is 40.8. The molecule has 0 fully saturated rings. The van der Waals surface area contributed by atoms with E-state index < -0.39 is 44.0 Å². The van der Waals surface area contributed by atoms with Gasteiger partial charge >= 0.3 is 0 Å². The van der Waals surface area contributed by atoms with Gasteiger partial charge in [0.25, 0.3) is 15.7 Å². The zero-order valence-electron chi connectivity index (χ0n) is 28.5. The van der Waals surface area contributed by atoms with E-state index in [1.807, 2.05) is 68.4 Å². The summed E-state index contributed by atoms with van der Waals surface area (Å²) >= 11 is 6.35. The average Bonchev–Trinajstić information content (AvgIpc) is 3.09. The van der Waals surface area contributed by atoms with Crippen molar-refractivity contribution in [2.45, 2.75) is 57.5 Å². The number of nitro benzene ring substituents is 1. The molecule has 0 heterocycles. The number of rotatable bonds is 16. The van der Waals surface area contributed by atoms with E-state index in [-0.39, 0.29) is 40.9 Å². The molecule has 11 nitrogen and oxygen atoms in total. The number of hydrogen-bond donors (Lipinski definition) is 1. The van der Waals surface area contributed by atoms with Crippen LogP contribution in [-0.2, 0) is 32.6 Å². The van der Waals surface area contributed by atoms with Crippen LogP contribution >= 0.6 is 11.6 Å². The number of aryl methyl sites for hydroxylation is 2. The van der Waals surface area contributed by atoms with Gasteiger partial charge in [0, 0.05) is 36.2 Å². The summed E-state index contributed by atoms with van der Waals surface area (Å²) in [5.41, 5.74) is 2.26. The van der Waals surface area contributed by atoms with Gasteiger partial charge in [-0.2, -0.15) is 0 Å². The van der Waals surface area contributed by atoms with Crippen LogP contribution in [0.2, 0.25) is 5.02 Å². The SMILES string of the molecule is CCCCNC(=O)[C@@H](Cc1ccccc1)N(Cc1ccccc1C)C(=O)CN(c1cc(Cl)ccc1OC)S(=O)(=O)c1ccc(C)c([N+](=O)[O-])c1. The second-order valence-electron chi connectivity index (χ2n) is 11.8. The third-order valence-corrected chi connectivity index (χ3v) is 10.3. The number of hydrogen-bond acceptors (Lipinski definition) is 7. The quantitative estimate of drug-likeness (QED) is 0.0779. The third kappa shape index (κ3) is 9.19. The maximum absolute atomic E-state index is 14.8. The molecule has 4 aromatic carbocycles. The van der Waals surface area contributed by atoms with E-state index >= 15 is 0 Å². The predicted octanol–water partition coefficient (Wildman–Crippen LogP) is 6.63. The molecule has 0 bridgehead atoms. The van der Waals surface area contributed by atoms with E-state index in [1.165, 1.54) is 49.3 Å². The number of halogens is 1. The minimum Gasteiger partial charge on any atom is -0.495 e. The lowest BCUT2D eigenvalue weighted by molar-refractivity contribution is -0.385. The second-order valence-corrected chi connectivity index (χ2v) is 14.1. The molecule has 264 valence electrons. The number of unbranched alkanes of at least 4 members (excludes halogenated alkanes) is 1. The molecule has 0 aliphatic carbocycles. The van der Waals surface area contributed by atoms with Crippen molar-refractivity contribution in [3.05, 3.63) is 128 Å². The fourth-order valence-electron chi connectivity index (χ4n) is 5.48. The van der Waals surface area contributed by atoms with Crippen LogP contribution in [0.5, 0.6) is 5.75 Å². The van der Waals surface area contributed by atoms with Gasteiger partial charge in [-0.15, -0.1) is 0 Å². The summed E-state index contributed by atoms with van der Waals surface area (Å²) in [6.45, 7) is 5.02. The van der Waals surface area contributed by atoms with E-state index in [4.69, 9.17) is 16.3 Å². The van der Waals surface area contributed by atoms with Crippen molar-refractivity contribution in [1.29, 1.82) is 0 Å². The minimum atomic E-state index is -4.67. The summed E-state index contributed by atoms with van der Waals surface area (Å²) in [5.74, 6) is -0.976. The Labute approximate surface area is 298 Å². The first-order valence-corrected chi connectivity index (χ1v) is 18.0. The van der Waals surface area contributed by atoms with Gasteiger partial charge in [-0.1, -0.05) is 85.6 Å². The number of sulfonamides is 1. The number of amides is 2. The van der Waals surface area contributed by atoms with Gasteiger partial charge in [0.1, 0.15) is 18.3 Å². The van der Waals surface area contributed by atoms with Gasteiger partial charge in [0.2, 0.25) is 11.8 Å². The maximum atomic E-state index is 14.8. The normalized spacial score (nSPS) is 11.8. The van der Waals surface area contributed by atoms with Crippen LogP contribution < -0.4 is 14.4 Å². The first-order valence-electron chi connectivity index (χ1n) is 16.1. The topological polar surface area (TPSA) is 139 Å². The van der Waals surface area contributed by atoms with Crippen molar-refractivity contribution >= 4 is 44.8 Å². The van der Waals surface area contributed by atoms with Crippen LogP contribution in [0.15, 0.2) is 95.9 Å². The zero-order chi connectivity index (χ0) is 36.4. The van der Waals surface area contributed by atoms with Crippen molar-refractivity contribution in [3.8, 4) is 5.75 Å². The van der Waals surface area contributed by atoms with Crippen molar-refractivity contribution in [3.63, 3.8) is 0 Å². The van der Waals surface area contributed by atoms with Crippen LogP contribution in [0.1, 0.15) is 42.0 Å². The molecule has 2 amide bonds. The first-order chi connectivity index (χ1) is 23.9. The number of nitrogens with one attached hydrogen (secondary N) is 1. The van der Waals surface area contributed by atoms with Gasteiger partial charge in [-0.25, -0.2) is 8.42 Å². The number of nitrogens with zero attached hydrogens (tertiary/aromatic N) is 3. The van der Waals surface area contributed by atoms with Gasteiger partial charge in [-0.3, -0.25) is 24.0 Å². The first kappa shape index (κ1) is 37.9. The lowest BCUT2D eigenvalue weighted by Gasteiger charge is -2.34. The Morgan fingerprint density at radius 1 is 0.960 bits per heavy atom. The Balaban J connectivity index is 1.89. The van der Waals surface area contributed by atoms with E-state index in [0.29, 0.717) is 6.54 Å². The molecule has 4 rings (SSSR count). The Morgan fingerprint density at radius 3 is 2.32 bits per heavy atom. The average molecular weight is 721 g/mol. The molecule has 0 unspecified atom stereocenters. The Hall–Kier alpha value is -4.94. The van der Waals surface area contributed by atoms with Gasteiger partial charge < -0.3 is 15.0 Å². The van der Waals surface area contributed by atoms with E-state index in [0.717, 1.165) is 39.9 Å². The number of nitro groups is 1. The maximum Gasteiger partial charge on any atom is 0.273 e. The van der Waals surface area contributed by atoms with Crippen LogP contribution in [0.25, 0.3) is 0 Å². The molecule has 0 saturated carbocycles. The third-order valence-electron chi connectivity index (χ3n) is 8.36. The molecule has 1 N–H and O–H groups in total. The molecule has 0 aliphatic heterocycles. The number of carbonyl (C=O) groups excluding carboxylic acids is 2. The fraction of sp³-hybridized carbons (Fsp3) is 0.297. The zero-order valence-corrected chi connectivity index (χ0v) is 30.0. The highest BCUT2D eigenvalue weighted by atomic mass is 35.5. The van der Waals surface area contributed by atoms with Gasteiger partial charge in [0.05, 0.1) is 22.6 Å². The lowest BCUT2D eigenvalue weighted by atomic mass is 10.0. The highest BCUT2D eigenvalue weighted by Crippen LogP contribution is 2.36. The number of anilines is 1. The van der Waals surface area contributed by atoms with Crippen LogP contribution in [-0.4, -0.2) is 56.3 Å². The van der Waals surface area contributed by atoms with E-state index in [1.54, 1.807) is 0 Å². The van der Waals surface area contributed by atoms with Crippen LogP contribution in [0.3, 0.4) is 0 Å². The molecule has 0 spiro atoms. The summed E-state index contributed by atoms with van der Waals surface area (Å²) in [5, 5.41) is 14.9. The Kier molecular flexibility index (Phi) is 13.0. The predicted molar refractivity (Wildman–Crippen MR) is 194 cm³/mol. The second kappa shape index (κ2) is 17.1. The van der Waals surface area contributed by atoms with Crippen molar-refractivity contribution in [1.82, 2.24) is 10.2 Å². The highest BCUT2D eigenvalue weighted by molar-refractivity contribution is 7.92. The lowest BCUT2D eigenvalue weighted by Crippen LogP contribution is -2.53. The number of carbonyl (C=O) groups is 2. The van der Waals surface area contributed by atoms with Gasteiger partial charge in [-0.05, 0) is 61.2 Å². The largest absolute Gasteiger partial charge is 0.495 e. The number of ether oxygens (including phenoxy) is 1. The monoisotopic (exact) mass is 720 g/mol. The van der Waals surface area contributed by atoms with Gasteiger partial charge in [0.15, 0.2) is 0 Å². The number of benzene rings is 4. The fourth-order valence-corrected chi connectivity index (χ4v) is 7.08. The minimum absolute atomic E-state index is 0.000770. The van der Waals surface area contributed by atoms with Crippen molar-refractivity contribution < 1.29 is 27.7 Å². The van der Waals surface area contributed by atoms with Crippen LogP contribution in [0, 0.1) is 24.0 Å². The van der Waals surface area contributed by atoms with E-state index in [2.05, 4.69) is 5.32 Å². The highest BCUT2D eigenvalue weighted by Gasteiger charge is 2.36. The summed E-state index contributed by atoms with van der Waals surface area (Å²) < 4.78 is 35.3. The molecular weight excluding hydrogens is 680 g/mol. The molecule has 50 heavy (non-hydrogen) atoms. The summed E-state index contributed by atoms with van der Waals surface area (Å²) in [6, 6.07) is 23.5. The molecule has 1 atom stereocenters. The molecule has 0 aromatic heterocycles. The smallest absolute Gasteiger partial charge is 0.273 e. The van der Waals surface area contributed by atoms with E-state index in [9.17, 15) is 28.1 Å². The standard InChI is InChI=1S/C37H41ClN4O7S/c1-5-6-20-39-37(44)34(21-28-13-8-7-9-14-28)40(24-29-15-11-10-12-26(29)2)36(43)25-41(33-22-30(38)17-19-35(33)49-4)50(47,48)31-18-16-27(3)32(23-31)42(45)46/h7-19,22-23,34H,5-6,20-21,24-25H2,1-4H3,(H,39,44)/t34-/m1/s1. The van der Waals surface area contributed by atoms with Crippen molar-refractivity contribution in [2.75, 3.05) is 24.5 Å². The Morgan fingerprint density at radius 2 is 1.66 bits per heavy atom. The molecule has 0 aliphatic rings. The molecule has 4 aromatic rings. The van der Waals surface area contributed by atoms with Crippen LogP contribution in [0.4, 0.5) is 11.4 Å². The summed E-state index contributed by atoms with van der Waals surface area (Å²) in [7, 11) is -3.32. The van der Waals surface area contributed by atoms with Crippen molar-refractivity contribution in [2.24, 2.45) is 0 Å².